The van der Waals surface area contributed by atoms with E-state index >= 15 is 0 Å². The van der Waals surface area contributed by atoms with Gasteiger partial charge in [-0.15, -0.1) is 0 Å². The van der Waals surface area contributed by atoms with Gasteiger partial charge >= 0.3 is 0 Å². The lowest BCUT2D eigenvalue weighted by molar-refractivity contribution is -0.127. The topological polar surface area (TPSA) is 50.8 Å². The predicted molar refractivity (Wildman–Crippen MR) is 106 cm³/mol. The molecule has 1 amide bonds. The summed E-state index contributed by atoms with van der Waals surface area (Å²) >= 11 is 0. The van der Waals surface area contributed by atoms with E-state index in [1.165, 1.54) is 12.8 Å². The third-order valence-electron chi connectivity index (χ3n) is 4.95. The number of methoxy groups -OCH3 is 1. The summed E-state index contributed by atoms with van der Waals surface area (Å²) in [5.74, 6) is 1.43. The molecule has 0 radical (unpaired) electrons. The van der Waals surface area contributed by atoms with E-state index in [-0.39, 0.29) is 11.9 Å². The number of ether oxygens (including phenoxy) is 2. The first-order valence-electron chi connectivity index (χ1n) is 9.55. The van der Waals surface area contributed by atoms with Gasteiger partial charge in [0.25, 0.3) is 5.91 Å². The molecule has 1 N–H and O–H groups in total. The quantitative estimate of drug-likeness (QED) is 0.776. The Labute approximate surface area is 161 Å². The standard InChI is InChI=1S/C22H28N2O3/c1-17(27-19-10-4-3-5-11-19)22(25)23-16-21(24-13-6-7-14-24)18-9-8-12-20(15-18)26-2/h3-5,8-12,15,17,21H,6-7,13-14,16H2,1-2H3,(H,23,25). The molecule has 27 heavy (non-hydrogen) atoms. The summed E-state index contributed by atoms with van der Waals surface area (Å²) in [4.78, 5) is 15.0. The van der Waals surface area contributed by atoms with Gasteiger partial charge < -0.3 is 14.8 Å². The largest absolute Gasteiger partial charge is 0.497 e. The summed E-state index contributed by atoms with van der Waals surface area (Å²) in [6.07, 6.45) is 1.85. The Hall–Kier alpha value is -2.53. The highest BCUT2D eigenvalue weighted by atomic mass is 16.5. The Morgan fingerprint density at radius 2 is 1.78 bits per heavy atom. The van der Waals surface area contributed by atoms with E-state index in [1.807, 2.05) is 42.5 Å². The molecule has 2 aromatic rings. The monoisotopic (exact) mass is 368 g/mol. The van der Waals surface area contributed by atoms with Crippen molar-refractivity contribution in [3.8, 4) is 11.5 Å². The maximum absolute atomic E-state index is 12.5. The third-order valence-corrected chi connectivity index (χ3v) is 4.95. The molecular formula is C22H28N2O3. The zero-order chi connectivity index (χ0) is 19.1. The van der Waals surface area contributed by atoms with E-state index in [1.54, 1.807) is 14.0 Å². The normalized spacial score (nSPS) is 16.5. The summed E-state index contributed by atoms with van der Waals surface area (Å²) in [5.41, 5.74) is 1.16. The fourth-order valence-electron chi connectivity index (χ4n) is 3.46. The molecule has 0 saturated carbocycles. The van der Waals surface area contributed by atoms with Crippen molar-refractivity contribution in [3.63, 3.8) is 0 Å². The first-order chi connectivity index (χ1) is 13.2. The van der Waals surface area contributed by atoms with Crippen LogP contribution in [0.15, 0.2) is 54.6 Å². The van der Waals surface area contributed by atoms with Crippen molar-refractivity contribution in [3.05, 3.63) is 60.2 Å². The van der Waals surface area contributed by atoms with Crippen molar-refractivity contribution in [2.75, 3.05) is 26.7 Å². The Balaban J connectivity index is 1.64. The molecule has 1 heterocycles. The van der Waals surface area contributed by atoms with Gasteiger partial charge in [0.15, 0.2) is 6.10 Å². The lowest BCUT2D eigenvalue weighted by Gasteiger charge is -2.29. The first kappa shape index (κ1) is 19.2. The van der Waals surface area contributed by atoms with Gasteiger partial charge in [0, 0.05) is 6.54 Å². The van der Waals surface area contributed by atoms with Gasteiger partial charge in [0.2, 0.25) is 0 Å². The Morgan fingerprint density at radius 3 is 2.48 bits per heavy atom. The second kappa shape index (κ2) is 9.42. The summed E-state index contributed by atoms with van der Waals surface area (Å²) in [6.45, 7) is 4.43. The number of benzene rings is 2. The average Bonchev–Trinajstić information content (AvgIpc) is 3.23. The number of likely N-dealkylation sites (tertiary alicyclic amines) is 1. The van der Waals surface area contributed by atoms with Crippen LogP contribution in [0.4, 0.5) is 0 Å². The lowest BCUT2D eigenvalue weighted by Crippen LogP contribution is -2.42. The van der Waals surface area contributed by atoms with Crippen molar-refractivity contribution in [1.82, 2.24) is 10.2 Å². The van der Waals surface area contributed by atoms with Crippen LogP contribution >= 0.6 is 0 Å². The Kier molecular flexibility index (Phi) is 6.71. The number of carbonyl (C=O) groups is 1. The average molecular weight is 368 g/mol. The molecule has 0 spiro atoms. The Bertz CT molecular complexity index is 729. The molecule has 1 fully saturated rings. The zero-order valence-corrected chi connectivity index (χ0v) is 16.1. The number of hydrogen-bond acceptors (Lipinski definition) is 4. The van der Waals surface area contributed by atoms with Crippen molar-refractivity contribution >= 4 is 5.91 Å². The molecular weight excluding hydrogens is 340 g/mol. The smallest absolute Gasteiger partial charge is 0.260 e. The van der Waals surface area contributed by atoms with E-state index in [0.717, 1.165) is 24.4 Å². The molecule has 2 aromatic carbocycles. The van der Waals surface area contributed by atoms with Crippen LogP contribution in [0.2, 0.25) is 0 Å². The van der Waals surface area contributed by atoms with E-state index in [9.17, 15) is 4.79 Å². The van der Waals surface area contributed by atoms with Gasteiger partial charge in [-0.1, -0.05) is 30.3 Å². The van der Waals surface area contributed by atoms with Crippen LogP contribution in [0.5, 0.6) is 11.5 Å². The van der Waals surface area contributed by atoms with Crippen LogP contribution < -0.4 is 14.8 Å². The fourth-order valence-corrected chi connectivity index (χ4v) is 3.46. The maximum Gasteiger partial charge on any atom is 0.260 e. The molecule has 2 unspecified atom stereocenters. The molecule has 0 aliphatic carbocycles. The predicted octanol–water partition coefficient (Wildman–Crippen LogP) is 3.42. The van der Waals surface area contributed by atoms with E-state index < -0.39 is 6.10 Å². The third kappa shape index (κ3) is 5.23. The number of carbonyl (C=O) groups excluding carboxylic acids is 1. The summed E-state index contributed by atoms with van der Waals surface area (Å²) in [7, 11) is 1.67. The molecule has 5 nitrogen and oxygen atoms in total. The summed E-state index contributed by atoms with van der Waals surface area (Å²) in [5, 5.41) is 3.07. The second-order valence-electron chi connectivity index (χ2n) is 6.85. The van der Waals surface area contributed by atoms with Crippen molar-refractivity contribution in [2.45, 2.75) is 31.9 Å². The number of para-hydroxylation sites is 1. The maximum atomic E-state index is 12.5. The molecule has 0 aromatic heterocycles. The molecule has 1 aliphatic heterocycles. The van der Waals surface area contributed by atoms with Crippen LogP contribution in [0.3, 0.4) is 0 Å². The van der Waals surface area contributed by atoms with Crippen molar-refractivity contribution in [2.24, 2.45) is 0 Å². The van der Waals surface area contributed by atoms with Crippen LogP contribution in [0, 0.1) is 0 Å². The van der Waals surface area contributed by atoms with Crippen LogP contribution in [0.1, 0.15) is 31.4 Å². The number of rotatable bonds is 8. The minimum Gasteiger partial charge on any atom is -0.497 e. The Morgan fingerprint density at radius 1 is 1.07 bits per heavy atom. The number of nitrogens with zero attached hydrogens (tertiary/aromatic N) is 1. The lowest BCUT2D eigenvalue weighted by atomic mass is 10.0. The molecule has 1 saturated heterocycles. The van der Waals surface area contributed by atoms with Crippen molar-refractivity contribution in [1.29, 1.82) is 0 Å². The summed E-state index contributed by atoms with van der Waals surface area (Å²) in [6, 6.07) is 17.7. The highest BCUT2D eigenvalue weighted by molar-refractivity contribution is 5.80. The van der Waals surface area contributed by atoms with Crippen LogP contribution in [0.25, 0.3) is 0 Å². The van der Waals surface area contributed by atoms with Crippen LogP contribution in [-0.2, 0) is 4.79 Å². The molecule has 1 aliphatic rings. The van der Waals surface area contributed by atoms with E-state index in [4.69, 9.17) is 9.47 Å². The van der Waals surface area contributed by atoms with Crippen LogP contribution in [-0.4, -0.2) is 43.7 Å². The molecule has 3 rings (SSSR count). The van der Waals surface area contributed by atoms with E-state index in [2.05, 4.69) is 22.3 Å². The SMILES string of the molecule is COc1cccc(C(CNC(=O)C(C)Oc2ccccc2)N2CCCC2)c1. The van der Waals surface area contributed by atoms with Gasteiger partial charge in [0.1, 0.15) is 11.5 Å². The number of amides is 1. The minimum atomic E-state index is -0.545. The summed E-state index contributed by atoms with van der Waals surface area (Å²) < 4.78 is 11.1. The number of nitrogens with one attached hydrogen (secondary N) is 1. The number of hydrogen-bond donors (Lipinski definition) is 1. The highest BCUT2D eigenvalue weighted by Crippen LogP contribution is 2.27. The van der Waals surface area contributed by atoms with Gasteiger partial charge in [-0.05, 0) is 62.7 Å². The fraction of sp³-hybridized carbons (Fsp3) is 0.409. The zero-order valence-electron chi connectivity index (χ0n) is 16.1. The molecule has 2 atom stereocenters. The van der Waals surface area contributed by atoms with E-state index in [0.29, 0.717) is 12.3 Å². The van der Waals surface area contributed by atoms with Gasteiger partial charge in [-0.2, -0.15) is 0 Å². The van der Waals surface area contributed by atoms with Crippen molar-refractivity contribution < 1.29 is 14.3 Å². The molecule has 144 valence electrons. The first-order valence-corrected chi connectivity index (χ1v) is 9.55. The minimum absolute atomic E-state index is 0.106. The highest BCUT2D eigenvalue weighted by Gasteiger charge is 2.25. The second-order valence-corrected chi connectivity index (χ2v) is 6.85. The molecule has 5 heteroatoms. The van der Waals surface area contributed by atoms with Gasteiger partial charge in [0.05, 0.1) is 13.2 Å². The van der Waals surface area contributed by atoms with Gasteiger partial charge in [-0.3, -0.25) is 9.69 Å². The van der Waals surface area contributed by atoms with Gasteiger partial charge in [-0.25, -0.2) is 0 Å². The molecule has 0 bridgehead atoms.